The zero-order valence-electron chi connectivity index (χ0n) is 14.2. The van der Waals surface area contributed by atoms with E-state index in [1.54, 1.807) is 12.1 Å². The molecule has 0 saturated carbocycles. The van der Waals surface area contributed by atoms with Crippen LogP contribution in [0.1, 0.15) is 0 Å². The topological polar surface area (TPSA) is 94.9 Å². The molecule has 8 nitrogen and oxygen atoms in total. The minimum Gasteiger partial charge on any atom is -0.495 e. The van der Waals surface area contributed by atoms with Crippen molar-refractivity contribution in [3.05, 3.63) is 45.5 Å². The molecule has 0 saturated heterocycles. The first kappa shape index (κ1) is 19.5. The number of thiocarbonyl (C=S) groups is 1. The van der Waals surface area contributed by atoms with Crippen molar-refractivity contribution in [1.29, 1.82) is 0 Å². The Morgan fingerprint density at radius 3 is 2.15 bits per heavy atom. The number of nitrogens with one attached hydrogen (secondary N) is 2. The van der Waals surface area contributed by atoms with Gasteiger partial charge < -0.3 is 24.8 Å². The van der Waals surface area contributed by atoms with Crippen LogP contribution in [0.3, 0.4) is 0 Å². The molecule has 0 atom stereocenters. The lowest BCUT2D eigenvalue weighted by Gasteiger charge is -2.16. The maximum absolute atomic E-state index is 10.9. The molecule has 0 aliphatic carbocycles. The Kier molecular flexibility index (Phi) is 6.42. The smallest absolute Gasteiger partial charge is 0.273 e. The van der Waals surface area contributed by atoms with Crippen LogP contribution in [0, 0.1) is 10.1 Å². The summed E-state index contributed by atoms with van der Waals surface area (Å²) in [5, 5.41) is 17.4. The number of halogens is 1. The molecule has 0 aliphatic rings. The highest BCUT2D eigenvalue weighted by atomic mass is 35.5. The lowest BCUT2D eigenvalue weighted by atomic mass is 10.2. The van der Waals surface area contributed by atoms with Gasteiger partial charge in [0.1, 0.15) is 17.2 Å². The average Bonchev–Trinajstić information content (AvgIpc) is 2.62. The van der Waals surface area contributed by atoms with E-state index in [-0.39, 0.29) is 16.5 Å². The van der Waals surface area contributed by atoms with Crippen LogP contribution in [0.4, 0.5) is 17.1 Å². The van der Waals surface area contributed by atoms with Crippen LogP contribution >= 0.6 is 23.8 Å². The number of benzene rings is 2. The molecule has 0 spiro atoms. The van der Waals surface area contributed by atoms with Crippen molar-refractivity contribution in [1.82, 2.24) is 0 Å². The summed E-state index contributed by atoms with van der Waals surface area (Å²) in [6, 6.07) is 7.39. The highest BCUT2D eigenvalue weighted by molar-refractivity contribution is 7.80. The quantitative estimate of drug-likeness (QED) is 0.427. The molecule has 26 heavy (non-hydrogen) atoms. The molecule has 0 fully saturated rings. The SMILES string of the molecule is COc1cc(NC(=S)Nc2ccc([N+](=O)[O-])cc2OC)c(OC)cc1Cl. The first-order valence-corrected chi connectivity index (χ1v) is 8.00. The molecule has 0 bridgehead atoms. The Labute approximate surface area is 160 Å². The highest BCUT2D eigenvalue weighted by Crippen LogP contribution is 2.36. The average molecular weight is 398 g/mol. The monoisotopic (exact) mass is 397 g/mol. The number of rotatable bonds is 6. The van der Waals surface area contributed by atoms with Crippen molar-refractivity contribution in [2.45, 2.75) is 0 Å². The van der Waals surface area contributed by atoms with Crippen LogP contribution in [-0.2, 0) is 0 Å². The fourth-order valence-electron chi connectivity index (χ4n) is 2.13. The van der Waals surface area contributed by atoms with Crippen molar-refractivity contribution >= 4 is 46.0 Å². The summed E-state index contributed by atoms with van der Waals surface area (Å²) in [6.07, 6.45) is 0. The molecule has 2 aromatic carbocycles. The van der Waals surface area contributed by atoms with E-state index >= 15 is 0 Å². The number of nitro groups is 1. The molecule has 0 radical (unpaired) electrons. The minimum atomic E-state index is -0.506. The lowest BCUT2D eigenvalue weighted by molar-refractivity contribution is -0.384. The van der Waals surface area contributed by atoms with E-state index in [4.69, 9.17) is 38.0 Å². The molecule has 138 valence electrons. The first-order chi connectivity index (χ1) is 12.4. The molecular weight excluding hydrogens is 382 g/mol. The van der Waals surface area contributed by atoms with E-state index < -0.39 is 4.92 Å². The Morgan fingerprint density at radius 2 is 1.58 bits per heavy atom. The zero-order chi connectivity index (χ0) is 19.3. The number of methoxy groups -OCH3 is 3. The van der Waals surface area contributed by atoms with Crippen molar-refractivity contribution in [3.63, 3.8) is 0 Å². The van der Waals surface area contributed by atoms with Crippen molar-refractivity contribution in [3.8, 4) is 17.2 Å². The zero-order valence-corrected chi connectivity index (χ0v) is 15.7. The lowest BCUT2D eigenvalue weighted by Crippen LogP contribution is -2.20. The number of hydrogen-bond acceptors (Lipinski definition) is 6. The van der Waals surface area contributed by atoms with Gasteiger partial charge in [-0.15, -0.1) is 0 Å². The van der Waals surface area contributed by atoms with Crippen LogP contribution in [0.2, 0.25) is 5.02 Å². The molecule has 0 heterocycles. The van der Waals surface area contributed by atoms with Gasteiger partial charge >= 0.3 is 0 Å². The van der Waals surface area contributed by atoms with Gasteiger partial charge in [-0.1, -0.05) is 11.6 Å². The van der Waals surface area contributed by atoms with Gasteiger partial charge in [0.05, 0.1) is 48.7 Å². The maximum Gasteiger partial charge on any atom is 0.273 e. The summed E-state index contributed by atoms with van der Waals surface area (Å²) in [7, 11) is 4.41. The van der Waals surface area contributed by atoms with Gasteiger partial charge in [-0.05, 0) is 18.3 Å². The number of hydrogen-bond donors (Lipinski definition) is 2. The first-order valence-electron chi connectivity index (χ1n) is 7.21. The fourth-order valence-corrected chi connectivity index (χ4v) is 2.58. The normalized spacial score (nSPS) is 10.0. The third-order valence-electron chi connectivity index (χ3n) is 3.37. The van der Waals surface area contributed by atoms with E-state index in [2.05, 4.69) is 10.6 Å². The van der Waals surface area contributed by atoms with E-state index in [0.717, 1.165) is 0 Å². The van der Waals surface area contributed by atoms with Crippen LogP contribution < -0.4 is 24.8 Å². The predicted octanol–water partition coefficient (Wildman–Crippen LogP) is 4.08. The van der Waals surface area contributed by atoms with E-state index in [0.29, 0.717) is 27.9 Å². The number of ether oxygens (including phenoxy) is 3. The van der Waals surface area contributed by atoms with Gasteiger partial charge in [0.15, 0.2) is 5.11 Å². The molecule has 0 aromatic heterocycles. The number of nitrogens with zero attached hydrogens (tertiary/aromatic N) is 1. The molecule has 0 amide bonds. The number of anilines is 2. The Bertz CT molecular complexity index is 847. The van der Waals surface area contributed by atoms with Crippen LogP contribution in [0.15, 0.2) is 30.3 Å². The van der Waals surface area contributed by atoms with Crippen molar-refractivity contribution < 1.29 is 19.1 Å². The molecule has 2 aromatic rings. The highest BCUT2D eigenvalue weighted by Gasteiger charge is 2.14. The second-order valence-corrected chi connectivity index (χ2v) is 5.72. The van der Waals surface area contributed by atoms with Crippen LogP contribution in [-0.4, -0.2) is 31.4 Å². The molecule has 0 aliphatic heterocycles. The molecule has 2 N–H and O–H groups in total. The summed E-state index contributed by atoms with van der Waals surface area (Å²) >= 11 is 11.4. The van der Waals surface area contributed by atoms with Gasteiger partial charge in [-0.2, -0.15) is 0 Å². The summed E-state index contributed by atoms with van der Waals surface area (Å²) in [5.41, 5.74) is 0.915. The summed E-state index contributed by atoms with van der Waals surface area (Å²) < 4.78 is 15.6. The third kappa shape index (κ3) is 4.44. The second kappa shape index (κ2) is 8.54. The van der Waals surface area contributed by atoms with E-state index in [1.807, 2.05) is 0 Å². The van der Waals surface area contributed by atoms with Crippen LogP contribution in [0.25, 0.3) is 0 Å². The van der Waals surface area contributed by atoms with Gasteiger partial charge in [0.25, 0.3) is 5.69 Å². The van der Waals surface area contributed by atoms with Gasteiger partial charge in [-0.3, -0.25) is 10.1 Å². The molecule has 10 heteroatoms. The summed E-state index contributed by atoms with van der Waals surface area (Å²) in [5.74, 6) is 1.20. The molecule has 2 rings (SSSR count). The largest absolute Gasteiger partial charge is 0.495 e. The fraction of sp³-hybridized carbons (Fsp3) is 0.188. The Morgan fingerprint density at radius 1 is 1.00 bits per heavy atom. The van der Waals surface area contributed by atoms with Gasteiger partial charge in [-0.25, -0.2) is 0 Å². The third-order valence-corrected chi connectivity index (χ3v) is 3.87. The van der Waals surface area contributed by atoms with Crippen molar-refractivity contribution in [2.24, 2.45) is 0 Å². The Balaban J connectivity index is 2.23. The molecule has 0 unspecified atom stereocenters. The van der Waals surface area contributed by atoms with Crippen molar-refractivity contribution in [2.75, 3.05) is 32.0 Å². The summed E-state index contributed by atoms with van der Waals surface area (Å²) in [6.45, 7) is 0. The maximum atomic E-state index is 10.9. The number of nitro benzene ring substituents is 1. The van der Waals surface area contributed by atoms with E-state index in [1.165, 1.54) is 39.5 Å². The van der Waals surface area contributed by atoms with Crippen LogP contribution in [0.5, 0.6) is 17.2 Å². The van der Waals surface area contributed by atoms with E-state index in [9.17, 15) is 10.1 Å². The van der Waals surface area contributed by atoms with Gasteiger partial charge in [0.2, 0.25) is 0 Å². The molecular formula is C16H16ClN3O5S. The predicted molar refractivity (Wildman–Crippen MR) is 104 cm³/mol. The van der Waals surface area contributed by atoms with Gasteiger partial charge in [0, 0.05) is 18.2 Å². The minimum absolute atomic E-state index is 0.0876. The standard InChI is InChI=1S/C16H16ClN3O5S/c1-23-13-8-12(15(25-3)7-10(13)17)19-16(26)18-11-5-4-9(20(21)22)6-14(11)24-2/h4-8H,1-3H3,(H2,18,19,26). The Hall–Kier alpha value is -2.78. The summed E-state index contributed by atoms with van der Waals surface area (Å²) in [4.78, 5) is 10.4. The second-order valence-electron chi connectivity index (χ2n) is 4.91. The number of non-ortho nitro benzene ring substituents is 1.